The minimum atomic E-state index is 0.266. The van der Waals surface area contributed by atoms with E-state index >= 15 is 0 Å². The molecular formula is C95H147N3O3S. The number of allylic oxidation sites excluding steroid dienone is 7. The van der Waals surface area contributed by atoms with Gasteiger partial charge in [0.05, 0.1) is 27.5 Å². The van der Waals surface area contributed by atoms with Crippen LogP contribution in [0, 0.1) is 11.8 Å². The summed E-state index contributed by atoms with van der Waals surface area (Å²) < 4.78 is 17.2. The molecule has 0 bridgehead atoms. The molecule has 3 heterocycles. The Labute approximate surface area is 632 Å². The molecule has 0 fully saturated rings. The van der Waals surface area contributed by atoms with Crippen LogP contribution in [0.4, 0.5) is 0 Å². The van der Waals surface area contributed by atoms with Crippen molar-refractivity contribution in [2.75, 3.05) is 6.79 Å². The summed E-state index contributed by atoms with van der Waals surface area (Å²) in [7, 11) is 0. The molecule has 0 radical (unpaired) electrons. The van der Waals surface area contributed by atoms with Crippen LogP contribution in [-0.2, 0) is 0 Å². The highest BCUT2D eigenvalue weighted by atomic mass is 32.1. The van der Waals surface area contributed by atoms with Gasteiger partial charge in [0.15, 0.2) is 11.5 Å². The van der Waals surface area contributed by atoms with Crippen LogP contribution < -0.4 is 14.2 Å². The summed E-state index contributed by atoms with van der Waals surface area (Å²) >= 11 is 1.70. The number of hydrogen-bond acceptors (Lipinski definition) is 7. The largest absolute Gasteiger partial charge is 0.491 e. The number of thiazole rings is 1. The van der Waals surface area contributed by atoms with Gasteiger partial charge in [0.25, 0.3) is 0 Å². The lowest BCUT2D eigenvalue weighted by molar-refractivity contribution is 0.174. The van der Waals surface area contributed by atoms with Crippen LogP contribution >= 0.6 is 11.3 Å². The molecule has 7 heteroatoms. The molecule has 0 atom stereocenters. The monoisotopic (exact) mass is 1410 g/mol. The van der Waals surface area contributed by atoms with Gasteiger partial charge in [-0.3, -0.25) is 9.97 Å². The summed E-state index contributed by atoms with van der Waals surface area (Å²) in [5, 5.41) is 2.73. The van der Waals surface area contributed by atoms with Crippen LogP contribution in [0.5, 0.6) is 17.2 Å². The second-order valence-corrected chi connectivity index (χ2v) is 24.4. The topological polar surface area (TPSA) is 66.4 Å². The number of para-hydroxylation sites is 1. The van der Waals surface area contributed by atoms with Crippen LogP contribution in [0.15, 0.2) is 236 Å². The van der Waals surface area contributed by atoms with E-state index in [0.29, 0.717) is 48.2 Å². The quantitative estimate of drug-likeness (QED) is 0.129. The van der Waals surface area contributed by atoms with Crippen LogP contribution in [0.25, 0.3) is 27.1 Å². The molecule has 2 aliphatic rings. The second kappa shape index (κ2) is 70.2. The third-order valence-electron chi connectivity index (χ3n) is 13.3. The summed E-state index contributed by atoms with van der Waals surface area (Å²) in [6.45, 7) is 67.0. The molecule has 0 saturated carbocycles. The Kier molecular flexibility index (Phi) is 70.7. The van der Waals surface area contributed by atoms with Crippen LogP contribution in [0.3, 0.4) is 0 Å². The average molecular weight is 1410 g/mol. The van der Waals surface area contributed by atoms with E-state index in [2.05, 4.69) is 270 Å². The van der Waals surface area contributed by atoms with Gasteiger partial charge in [-0.15, -0.1) is 11.3 Å². The zero-order valence-corrected chi connectivity index (χ0v) is 71.3. The molecule has 2 aromatic heterocycles. The molecule has 11 rings (SSSR count). The Morgan fingerprint density at radius 1 is 0.431 bits per heavy atom. The van der Waals surface area contributed by atoms with Crippen molar-refractivity contribution in [3.63, 3.8) is 0 Å². The summed E-state index contributed by atoms with van der Waals surface area (Å²) in [5.41, 5.74) is 12.3. The first-order chi connectivity index (χ1) is 49.3. The van der Waals surface area contributed by atoms with Crippen LogP contribution in [0.2, 0.25) is 0 Å². The van der Waals surface area contributed by atoms with E-state index in [-0.39, 0.29) is 6.10 Å². The number of rotatable bonds is 11. The lowest BCUT2D eigenvalue weighted by Gasteiger charge is -2.08. The van der Waals surface area contributed by atoms with Crippen molar-refractivity contribution in [3.05, 3.63) is 269 Å². The smallest absolute Gasteiger partial charge is 0.231 e. The fourth-order valence-electron chi connectivity index (χ4n) is 8.25. The second-order valence-electron chi connectivity index (χ2n) is 23.5. The van der Waals surface area contributed by atoms with Crippen molar-refractivity contribution in [2.24, 2.45) is 11.8 Å². The van der Waals surface area contributed by atoms with Crippen molar-refractivity contribution < 1.29 is 14.2 Å². The first-order valence-electron chi connectivity index (χ1n) is 38.8. The fourth-order valence-corrected chi connectivity index (χ4v) is 8.91. The minimum Gasteiger partial charge on any atom is -0.491 e. The standard InChI is InChI=1S/C13H14.C11H14.C10H11NS.C10H12O2.C10H14.C9H12O.C9H12.C7H10N2.8C2H6/c1-10(2)12-9-5-7-11-6-3-4-8-13(11)12;1-10(2)8-9-11-6-4-3-5-7-11;1-7(2)8-3-4-10-9(5-8)11-6-12-10;1-7(2)8-3-4-9-10(5-8)12-6-11-9;1-9(2)7-8-10-5-3-4-6-10;1-8(2)10-9-6-4-3-5-7-9;1-8(2)9-6-4-3-5-7-9;1-6(2)7-5-8-3-4-9-7;8*1-2/h3-10H,1-2H3;3-10H,1-2H3;3-7H,1-2H3;3-5,7H,6H2,1-2H3;3-5,7-9H,6H2,1-2H3;3-8H,1-2H3;3-8H,1-2H3;3-6H,1-2H3;8*1-2H3/b;9-8+;;;8-7+;;;;;;;;;;;. The van der Waals surface area contributed by atoms with Gasteiger partial charge >= 0.3 is 0 Å². The molecule has 102 heavy (non-hydrogen) atoms. The van der Waals surface area contributed by atoms with Gasteiger partial charge in [-0.05, 0) is 142 Å². The number of fused-ring (bicyclic) bond motifs is 3. The summed E-state index contributed by atoms with van der Waals surface area (Å²) in [4.78, 5) is 12.3. The molecule has 0 amide bonds. The third-order valence-corrected chi connectivity index (χ3v) is 14.1. The molecule has 566 valence electrons. The number of benzene rings is 7. The van der Waals surface area contributed by atoms with E-state index in [1.165, 1.54) is 48.9 Å². The molecule has 7 aromatic carbocycles. The highest BCUT2D eigenvalue weighted by molar-refractivity contribution is 7.16. The zero-order chi connectivity index (χ0) is 78.6. The molecule has 1 aliphatic heterocycles. The Balaban J connectivity index is -0.000000342. The van der Waals surface area contributed by atoms with E-state index in [0.717, 1.165) is 34.9 Å². The van der Waals surface area contributed by atoms with Crippen LogP contribution in [-0.4, -0.2) is 27.8 Å². The van der Waals surface area contributed by atoms with E-state index in [9.17, 15) is 0 Å². The highest BCUT2D eigenvalue weighted by Crippen LogP contribution is 2.34. The number of ether oxygens (including phenoxy) is 3. The molecule has 6 nitrogen and oxygen atoms in total. The third kappa shape index (κ3) is 49.7. The minimum absolute atomic E-state index is 0.266. The van der Waals surface area contributed by atoms with Gasteiger partial charge in [-0.25, -0.2) is 4.98 Å². The predicted molar refractivity (Wildman–Crippen MR) is 464 cm³/mol. The molecule has 0 N–H and O–H groups in total. The first kappa shape index (κ1) is 103. The summed E-state index contributed by atoms with van der Waals surface area (Å²) in [6.07, 6.45) is 21.8. The molecular weight excluding hydrogens is 1260 g/mol. The van der Waals surface area contributed by atoms with E-state index < -0.39 is 0 Å². The SMILES string of the molecule is CC.CC.CC.CC.CC.CC.CC.CC.CC(C)/C=C/C1=CC=CC1.CC(C)/C=C/c1ccccc1.CC(C)Oc1ccccc1.CC(C)c1ccc2c(c1)OCO2.CC(C)c1ccc2scnc2c1.CC(C)c1cccc2ccccc12.CC(C)c1ccccc1.CC(C)c1cnccn1. The van der Waals surface area contributed by atoms with Crippen LogP contribution in [0.1, 0.15) is 291 Å². The Hall–Kier alpha value is -7.87. The van der Waals surface area contributed by atoms with E-state index in [1.54, 1.807) is 29.9 Å². The number of hydrogen-bond donors (Lipinski definition) is 0. The first-order valence-corrected chi connectivity index (χ1v) is 39.7. The molecule has 0 spiro atoms. The Bertz CT molecular complexity index is 3310. The summed E-state index contributed by atoms with van der Waals surface area (Å²) in [6, 6.07) is 58.4. The van der Waals surface area contributed by atoms with Crippen molar-refractivity contribution in [1.82, 2.24) is 15.0 Å². The van der Waals surface area contributed by atoms with Crippen molar-refractivity contribution in [1.29, 1.82) is 0 Å². The van der Waals surface area contributed by atoms with Crippen molar-refractivity contribution in [2.45, 2.75) is 264 Å². The average Bonchev–Trinajstić information content (AvgIpc) is 1.04. The Morgan fingerprint density at radius 3 is 1.39 bits per heavy atom. The molecule has 9 aromatic rings. The van der Waals surface area contributed by atoms with Gasteiger partial charge in [-0.1, -0.05) is 384 Å². The zero-order valence-electron chi connectivity index (χ0n) is 70.5. The normalized spacial score (nSPS) is 10.5. The van der Waals surface area contributed by atoms with Gasteiger partial charge in [0.1, 0.15) is 5.75 Å². The molecule has 0 saturated heterocycles. The lowest BCUT2D eigenvalue weighted by atomic mass is 9.96. The maximum absolute atomic E-state index is 5.41. The number of nitrogens with zero attached hydrogens (tertiary/aromatic N) is 3. The maximum Gasteiger partial charge on any atom is 0.231 e. The predicted octanol–water partition coefficient (Wildman–Crippen LogP) is 31.5. The number of aromatic nitrogens is 3. The maximum atomic E-state index is 5.41. The van der Waals surface area contributed by atoms with Gasteiger partial charge < -0.3 is 14.2 Å². The van der Waals surface area contributed by atoms with Crippen molar-refractivity contribution >= 4 is 38.4 Å². The van der Waals surface area contributed by atoms with E-state index in [1.807, 2.05) is 185 Å². The summed E-state index contributed by atoms with van der Waals surface area (Å²) in [5.74, 6) is 6.86. The van der Waals surface area contributed by atoms with Gasteiger partial charge in [0.2, 0.25) is 6.79 Å². The fraction of sp³-hybridized carbons (Fsp3) is 0.442. The molecule has 0 unspecified atom stereocenters. The lowest BCUT2D eigenvalue weighted by Crippen LogP contribution is -2.04. The Morgan fingerprint density at radius 2 is 0.922 bits per heavy atom. The van der Waals surface area contributed by atoms with Gasteiger partial charge in [-0.2, -0.15) is 0 Å². The van der Waals surface area contributed by atoms with Gasteiger partial charge in [0, 0.05) is 18.6 Å². The molecule has 1 aliphatic carbocycles. The van der Waals surface area contributed by atoms with Crippen molar-refractivity contribution in [3.8, 4) is 17.2 Å². The highest BCUT2D eigenvalue weighted by Gasteiger charge is 2.14. The van der Waals surface area contributed by atoms with E-state index in [4.69, 9.17) is 14.2 Å².